The highest BCUT2D eigenvalue weighted by Crippen LogP contribution is 2.45. The third kappa shape index (κ3) is 7.99. The molecule has 334 valence electrons. The smallest absolute Gasteiger partial charge is 0.0476 e. The molecule has 1 aromatic heterocycles. The average molecular weight is 923 g/mol. The van der Waals surface area contributed by atoms with E-state index in [1.54, 1.807) is 0 Å². The van der Waals surface area contributed by atoms with Crippen molar-refractivity contribution >= 4 is 87.2 Å². The molecule has 3 heteroatoms. The average Bonchev–Trinajstić information content (AvgIpc) is 3.83. The Morgan fingerprint density at radius 2 is 0.648 bits per heavy atom. The first-order valence-electron chi connectivity index (χ1n) is 24.2. The largest absolute Gasteiger partial charge is 0.310 e. The molecule has 0 aliphatic heterocycles. The summed E-state index contributed by atoms with van der Waals surface area (Å²) in [4.78, 5) is 4.80. The van der Waals surface area contributed by atoms with Crippen LogP contribution in [0.1, 0.15) is 0 Å². The Hall–Kier alpha value is -9.02. The second-order valence-corrected chi connectivity index (χ2v) is 19.2. The van der Waals surface area contributed by atoms with E-state index in [4.69, 9.17) is 0 Å². The lowest BCUT2D eigenvalue weighted by molar-refractivity contribution is 1.28. The van der Waals surface area contributed by atoms with E-state index in [0.717, 1.165) is 45.3 Å². The van der Waals surface area contributed by atoms with Gasteiger partial charge in [0, 0.05) is 54.3 Å². The molecule has 0 saturated carbocycles. The molecule has 71 heavy (non-hydrogen) atoms. The fourth-order valence-corrected chi connectivity index (χ4v) is 11.5. The van der Waals surface area contributed by atoms with Crippen LogP contribution in [0.2, 0.25) is 0 Å². The third-order valence-electron chi connectivity index (χ3n) is 13.8. The van der Waals surface area contributed by atoms with Crippen LogP contribution < -0.4 is 9.80 Å². The first-order valence-corrected chi connectivity index (χ1v) is 25.0. The van der Waals surface area contributed by atoms with Gasteiger partial charge in [0.1, 0.15) is 0 Å². The van der Waals surface area contributed by atoms with Crippen molar-refractivity contribution in [1.82, 2.24) is 0 Å². The number of anilines is 6. The van der Waals surface area contributed by atoms with E-state index in [0.29, 0.717) is 0 Å². The minimum absolute atomic E-state index is 1.08. The standard InChI is InChI=1S/C68H46N2S/c1-3-15-47(16-4-1)49-31-36-56(37-32-49)69(60-27-13-24-55(45-60)63-30-14-21-51-19-7-9-28-62(51)63)58-25-11-22-53(43-58)54-23-12-26-59(44-54)70(57-38-33-50(34-39-57)48-17-5-2-6-18-48)61-40-41-65-67(46-61)71-66-42-35-52-20-8-10-29-64(52)68(65)66/h1-46H. The minimum atomic E-state index is 1.08. The van der Waals surface area contributed by atoms with E-state index < -0.39 is 0 Å². The van der Waals surface area contributed by atoms with Crippen molar-refractivity contribution in [3.05, 3.63) is 279 Å². The molecular weight excluding hydrogens is 877 g/mol. The highest BCUT2D eigenvalue weighted by molar-refractivity contribution is 7.26. The molecule has 0 atom stereocenters. The van der Waals surface area contributed by atoms with Crippen molar-refractivity contribution in [2.75, 3.05) is 9.80 Å². The fraction of sp³-hybridized carbons (Fsp3) is 0. The highest BCUT2D eigenvalue weighted by Gasteiger charge is 2.19. The van der Waals surface area contributed by atoms with E-state index in [2.05, 4.69) is 289 Å². The van der Waals surface area contributed by atoms with Crippen LogP contribution in [-0.2, 0) is 0 Å². The Bertz CT molecular complexity index is 4040. The number of benzene rings is 12. The molecule has 12 aromatic carbocycles. The number of nitrogens with zero attached hydrogens (tertiary/aromatic N) is 2. The number of rotatable bonds is 10. The maximum atomic E-state index is 2.41. The van der Waals surface area contributed by atoms with E-state index in [1.165, 1.54) is 75.1 Å². The van der Waals surface area contributed by atoms with Gasteiger partial charge in [-0.15, -0.1) is 11.3 Å². The van der Waals surface area contributed by atoms with Crippen molar-refractivity contribution in [2.45, 2.75) is 0 Å². The van der Waals surface area contributed by atoms with E-state index in [1.807, 2.05) is 11.3 Å². The molecule has 0 aliphatic rings. The van der Waals surface area contributed by atoms with Crippen molar-refractivity contribution in [3.8, 4) is 44.5 Å². The molecule has 0 unspecified atom stereocenters. The molecular formula is C68H46N2S. The summed E-state index contributed by atoms with van der Waals surface area (Å²) in [6.45, 7) is 0. The molecule has 0 fully saturated rings. The van der Waals surface area contributed by atoms with Gasteiger partial charge in [-0.05, 0) is 145 Å². The van der Waals surface area contributed by atoms with Gasteiger partial charge in [-0.25, -0.2) is 0 Å². The molecule has 1 heterocycles. The summed E-state index contributed by atoms with van der Waals surface area (Å²) < 4.78 is 2.57. The molecule has 0 amide bonds. The zero-order chi connectivity index (χ0) is 47.1. The van der Waals surface area contributed by atoms with Gasteiger partial charge < -0.3 is 9.80 Å². The first-order chi connectivity index (χ1) is 35.2. The van der Waals surface area contributed by atoms with Gasteiger partial charge in [0.15, 0.2) is 0 Å². The Labute approximate surface area is 418 Å². The molecule has 0 bridgehead atoms. The van der Waals surface area contributed by atoms with Gasteiger partial charge in [0.05, 0.1) is 0 Å². The summed E-state index contributed by atoms with van der Waals surface area (Å²) in [7, 11) is 0. The van der Waals surface area contributed by atoms with Crippen molar-refractivity contribution < 1.29 is 0 Å². The monoisotopic (exact) mass is 922 g/mol. The van der Waals surface area contributed by atoms with Gasteiger partial charge in [-0.2, -0.15) is 0 Å². The molecule has 13 rings (SSSR count). The summed E-state index contributed by atoms with van der Waals surface area (Å²) in [5.41, 5.74) is 16.0. The van der Waals surface area contributed by atoms with Crippen molar-refractivity contribution in [2.24, 2.45) is 0 Å². The predicted molar refractivity (Wildman–Crippen MR) is 305 cm³/mol. The van der Waals surface area contributed by atoms with Crippen LogP contribution in [0, 0.1) is 0 Å². The minimum Gasteiger partial charge on any atom is -0.310 e. The summed E-state index contributed by atoms with van der Waals surface area (Å²) in [6.07, 6.45) is 0. The zero-order valence-electron chi connectivity index (χ0n) is 38.9. The van der Waals surface area contributed by atoms with Gasteiger partial charge in [-0.1, -0.05) is 200 Å². The van der Waals surface area contributed by atoms with E-state index in [9.17, 15) is 0 Å². The molecule has 0 aliphatic carbocycles. The van der Waals surface area contributed by atoms with Crippen LogP contribution >= 0.6 is 11.3 Å². The predicted octanol–water partition coefficient (Wildman–Crippen LogP) is 20.0. The van der Waals surface area contributed by atoms with Gasteiger partial charge in [-0.3, -0.25) is 0 Å². The van der Waals surface area contributed by atoms with Crippen LogP contribution in [0.3, 0.4) is 0 Å². The lowest BCUT2D eigenvalue weighted by Gasteiger charge is -2.27. The van der Waals surface area contributed by atoms with E-state index >= 15 is 0 Å². The normalized spacial score (nSPS) is 11.4. The summed E-state index contributed by atoms with van der Waals surface area (Å²) in [5.74, 6) is 0. The third-order valence-corrected chi connectivity index (χ3v) is 14.9. The Morgan fingerprint density at radius 1 is 0.225 bits per heavy atom. The van der Waals surface area contributed by atoms with Crippen LogP contribution in [0.25, 0.3) is 86.2 Å². The van der Waals surface area contributed by atoms with Crippen LogP contribution in [0.4, 0.5) is 34.1 Å². The SMILES string of the molecule is c1ccc(-c2ccc(N(c3cccc(-c4cccc(N(c5ccc(-c6ccccc6)cc5)c5ccc6c(c5)sc5ccc7ccccc7c56)c4)c3)c3cccc(-c4cccc5ccccc45)c3)cc2)cc1. The molecule has 0 N–H and O–H groups in total. The number of hydrogen-bond acceptors (Lipinski definition) is 3. The number of fused-ring (bicyclic) bond motifs is 6. The maximum absolute atomic E-state index is 2.41. The zero-order valence-corrected chi connectivity index (χ0v) is 39.7. The van der Waals surface area contributed by atoms with Crippen LogP contribution in [0.15, 0.2) is 279 Å². The molecule has 2 nitrogen and oxygen atoms in total. The molecule has 0 saturated heterocycles. The molecule has 13 aromatic rings. The van der Waals surface area contributed by atoms with Gasteiger partial charge in [0.25, 0.3) is 0 Å². The Kier molecular flexibility index (Phi) is 10.8. The second kappa shape index (κ2) is 18.1. The summed E-state index contributed by atoms with van der Waals surface area (Å²) in [6, 6.07) is 102. The van der Waals surface area contributed by atoms with Gasteiger partial charge >= 0.3 is 0 Å². The van der Waals surface area contributed by atoms with Crippen molar-refractivity contribution in [3.63, 3.8) is 0 Å². The fourth-order valence-electron chi connectivity index (χ4n) is 10.4. The summed E-state index contributed by atoms with van der Waals surface area (Å²) in [5, 5.41) is 7.66. The maximum Gasteiger partial charge on any atom is 0.0476 e. The lowest BCUT2D eigenvalue weighted by Crippen LogP contribution is -2.10. The Balaban J connectivity index is 0.923. The topological polar surface area (TPSA) is 6.48 Å². The number of hydrogen-bond donors (Lipinski definition) is 0. The van der Waals surface area contributed by atoms with Crippen molar-refractivity contribution in [1.29, 1.82) is 0 Å². The van der Waals surface area contributed by atoms with E-state index in [-0.39, 0.29) is 0 Å². The first kappa shape index (κ1) is 42.1. The molecule has 0 radical (unpaired) electrons. The quantitative estimate of drug-likeness (QED) is 0.135. The number of thiophene rings is 1. The second-order valence-electron chi connectivity index (χ2n) is 18.1. The summed E-state index contributed by atoms with van der Waals surface area (Å²) >= 11 is 1.87. The Morgan fingerprint density at radius 3 is 1.24 bits per heavy atom. The van der Waals surface area contributed by atoms with Crippen LogP contribution in [0.5, 0.6) is 0 Å². The van der Waals surface area contributed by atoms with Gasteiger partial charge in [0.2, 0.25) is 0 Å². The highest BCUT2D eigenvalue weighted by atomic mass is 32.1. The lowest BCUT2D eigenvalue weighted by atomic mass is 9.97. The van der Waals surface area contributed by atoms with Crippen LogP contribution in [-0.4, -0.2) is 0 Å². The molecule has 0 spiro atoms.